The van der Waals surface area contributed by atoms with Gasteiger partial charge < -0.3 is 20.1 Å². The molecule has 0 aromatic heterocycles. The van der Waals surface area contributed by atoms with Gasteiger partial charge in [0.25, 0.3) is 0 Å². The predicted octanol–water partition coefficient (Wildman–Crippen LogP) is 0.481. The average Bonchev–Trinajstić information content (AvgIpc) is 2.37. The molecule has 1 rings (SSSR count). The number of rotatable bonds is 5. The summed E-state index contributed by atoms with van der Waals surface area (Å²) in [4.78, 5) is 21.9. The molecule has 0 saturated heterocycles. The summed E-state index contributed by atoms with van der Waals surface area (Å²) in [6, 6.07) is 2.92. The van der Waals surface area contributed by atoms with Crippen molar-refractivity contribution >= 4 is 11.9 Å². The Morgan fingerprint density at radius 1 is 1.37 bits per heavy atom. The first-order valence-corrected chi connectivity index (χ1v) is 5.44. The Labute approximate surface area is 108 Å². The summed E-state index contributed by atoms with van der Waals surface area (Å²) in [6.07, 6.45) is -3.84. The second-order valence-electron chi connectivity index (χ2n) is 3.69. The van der Waals surface area contributed by atoms with Gasteiger partial charge in [0.15, 0.2) is 6.10 Å². The van der Waals surface area contributed by atoms with Crippen LogP contribution in [0.4, 0.5) is 4.39 Å². The maximum absolute atomic E-state index is 13.4. The molecule has 0 fully saturated rings. The van der Waals surface area contributed by atoms with Gasteiger partial charge in [0.05, 0.1) is 12.2 Å². The third-order valence-corrected chi connectivity index (χ3v) is 2.38. The lowest BCUT2D eigenvalue weighted by molar-refractivity contribution is -0.153. The maximum atomic E-state index is 13.4. The van der Waals surface area contributed by atoms with Crippen LogP contribution in [0.2, 0.25) is 0 Å². The molecule has 0 aliphatic rings. The molecule has 0 heterocycles. The first-order valence-electron chi connectivity index (χ1n) is 5.44. The third kappa shape index (κ3) is 3.49. The molecule has 0 aliphatic carbocycles. The van der Waals surface area contributed by atoms with E-state index < -0.39 is 35.5 Å². The second-order valence-corrected chi connectivity index (χ2v) is 3.69. The Morgan fingerprint density at radius 2 is 2.00 bits per heavy atom. The fourth-order valence-corrected chi connectivity index (χ4v) is 1.41. The van der Waals surface area contributed by atoms with Crippen molar-refractivity contribution in [3.8, 4) is 0 Å². The van der Waals surface area contributed by atoms with E-state index in [1.54, 1.807) is 6.92 Å². The van der Waals surface area contributed by atoms with Gasteiger partial charge in [-0.15, -0.1) is 0 Å². The standard InChI is InChI=1S/C12H13FO6/c1-2-19-12(18)7-5-6(3-4-8(7)13)9(14)10(15)11(16)17/h3-5,9-10,14-15H,2H2,1H3,(H,16,17). The van der Waals surface area contributed by atoms with E-state index in [-0.39, 0.29) is 12.2 Å². The maximum Gasteiger partial charge on any atom is 0.341 e. The Balaban J connectivity index is 3.08. The Bertz CT molecular complexity index is 487. The molecule has 0 spiro atoms. The molecule has 104 valence electrons. The smallest absolute Gasteiger partial charge is 0.341 e. The normalized spacial score (nSPS) is 13.7. The molecular weight excluding hydrogens is 259 g/mol. The van der Waals surface area contributed by atoms with Crippen LogP contribution in [0.3, 0.4) is 0 Å². The lowest BCUT2D eigenvalue weighted by Gasteiger charge is -2.15. The Kier molecular flexibility index (Phi) is 4.96. The molecule has 7 heteroatoms. The zero-order chi connectivity index (χ0) is 14.6. The van der Waals surface area contributed by atoms with Gasteiger partial charge in [-0.3, -0.25) is 0 Å². The van der Waals surface area contributed by atoms with Gasteiger partial charge >= 0.3 is 11.9 Å². The van der Waals surface area contributed by atoms with Crippen molar-refractivity contribution in [2.45, 2.75) is 19.1 Å². The number of benzene rings is 1. The highest BCUT2D eigenvalue weighted by Gasteiger charge is 2.26. The summed E-state index contributed by atoms with van der Waals surface area (Å²) in [5, 5.41) is 27.3. The van der Waals surface area contributed by atoms with Crippen molar-refractivity contribution in [2.24, 2.45) is 0 Å². The van der Waals surface area contributed by atoms with Crippen LogP contribution in [-0.4, -0.2) is 40.0 Å². The zero-order valence-electron chi connectivity index (χ0n) is 10.0. The van der Waals surface area contributed by atoms with Crippen LogP contribution in [0.15, 0.2) is 18.2 Å². The monoisotopic (exact) mass is 272 g/mol. The van der Waals surface area contributed by atoms with Crippen molar-refractivity contribution in [1.29, 1.82) is 0 Å². The molecule has 6 nitrogen and oxygen atoms in total. The Morgan fingerprint density at radius 3 is 2.53 bits per heavy atom. The molecular formula is C12H13FO6. The van der Waals surface area contributed by atoms with Crippen LogP contribution in [0, 0.1) is 5.82 Å². The molecule has 0 bridgehead atoms. The van der Waals surface area contributed by atoms with Crippen molar-refractivity contribution < 1.29 is 34.0 Å². The lowest BCUT2D eigenvalue weighted by atomic mass is 10.0. The fourth-order valence-electron chi connectivity index (χ4n) is 1.41. The number of aliphatic hydroxyl groups excluding tert-OH is 2. The highest BCUT2D eigenvalue weighted by atomic mass is 19.1. The number of ether oxygens (including phenoxy) is 1. The van der Waals surface area contributed by atoms with Crippen molar-refractivity contribution in [2.75, 3.05) is 6.61 Å². The minimum absolute atomic E-state index is 0.0444. The van der Waals surface area contributed by atoms with Gasteiger partial charge in [-0.1, -0.05) is 6.07 Å². The van der Waals surface area contributed by atoms with Gasteiger partial charge in [0.1, 0.15) is 11.9 Å². The van der Waals surface area contributed by atoms with Gasteiger partial charge in [-0.2, -0.15) is 0 Å². The van der Waals surface area contributed by atoms with E-state index in [1.807, 2.05) is 0 Å². The molecule has 2 unspecified atom stereocenters. The van der Waals surface area contributed by atoms with Crippen LogP contribution in [-0.2, 0) is 9.53 Å². The summed E-state index contributed by atoms with van der Waals surface area (Å²) in [6.45, 7) is 1.59. The van der Waals surface area contributed by atoms with Gasteiger partial charge in [0, 0.05) is 0 Å². The van der Waals surface area contributed by atoms with E-state index in [0.29, 0.717) is 0 Å². The summed E-state index contributed by atoms with van der Waals surface area (Å²) in [7, 11) is 0. The summed E-state index contributed by atoms with van der Waals surface area (Å²) < 4.78 is 18.0. The zero-order valence-corrected chi connectivity index (χ0v) is 10.0. The number of hydrogen-bond donors (Lipinski definition) is 3. The molecule has 2 atom stereocenters. The fraction of sp³-hybridized carbons (Fsp3) is 0.333. The van der Waals surface area contributed by atoms with Gasteiger partial charge in [-0.05, 0) is 24.6 Å². The number of carbonyl (C=O) groups is 2. The average molecular weight is 272 g/mol. The van der Waals surface area contributed by atoms with E-state index in [1.165, 1.54) is 0 Å². The molecule has 0 radical (unpaired) electrons. The third-order valence-electron chi connectivity index (χ3n) is 2.38. The quantitative estimate of drug-likeness (QED) is 0.673. The van der Waals surface area contributed by atoms with E-state index in [2.05, 4.69) is 4.74 Å². The number of carboxylic acids is 1. The predicted molar refractivity (Wildman–Crippen MR) is 61.0 cm³/mol. The number of halogens is 1. The van der Waals surface area contributed by atoms with Crippen molar-refractivity contribution in [1.82, 2.24) is 0 Å². The van der Waals surface area contributed by atoms with E-state index >= 15 is 0 Å². The summed E-state index contributed by atoms with van der Waals surface area (Å²) in [5.41, 5.74) is -0.532. The number of aliphatic hydroxyl groups is 2. The summed E-state index contributed by atoms with van der Waals surface area (Å²) in [5.74, 6) is -3.42. The van der Waals surface area contributed by atoms with Crippen LogP contribution in [0.5, 0.6) is 0 Å². The lowest BCUT2D eigenvalue weighted by Crippen LogP contribution is -2.27. The Hall–Kier alpha value is -1.99. The van der Waals surface area contributed by atoms with E-state index in [9.17, 15) is 24.2 Å². The number of esters is 1. The first kappa shape index (κ1) is 15.1. The number of aliphatic carboxylic acids is 1. The minimum atomic E-state index is -2.07. The van der Waals surface area contributed by atoms with Crippen LogP contribution in [0.1, 0.15) is 28.9 Å². The van der Waals surface area contributed by atoms with Gasteiger partial charge in [0.2, 0.25) is 0 Å². The largest absolute Gasteiger partial charge is 0.479 e. The van der Waals surface area contributed by atoms with Crippen LogP contribution < -0.4 is 0 Å². The number of hydrogen-bond acceptors (Lipinski definition) is 5. The SMILES string of the molecule is CCOC(=O)c1cc(C(O)C(O)C(=O)O)ccc1F. The minimum Gasteiger partial charge on any atom is -0.479 e. The topological polar surface area (TPSA) is 104 Å². The number of carboxylic acid groups (broad SMARTS) is 1. The molecule has 1 aromatic carbocycles. The highest BCUT2D eigenvalue weighted by Crippen LogP contribution is 2.21. The molecule has 0 amide bonds. The summed E-state index contributed by atoms with van der Waals surface area (Å²) >= 11 is 0. The second kappa shape index (κ2) is 6.26. The number of carbonyl (C=O) groups excluding carboxylic acids is 1. The first-order chi connectivity index (χ1) is 8.88. The van der Waals surface area contributed by atoms with Crippen LogP contribution in [0.25, 0.3) is 0 Å². The highest BCUT2D eigenvalue weighted by molar-refractivity contribution is 5.90. The molecule has 19 heavy (non-hydrogen) atoms. The van der Waals surface area contributed by atoms with Crippen molar-refractivity contribution in [3.63, 3.8) is 0 Å². The van der Waals surface area contributed by atoms with E-state index in [0.717, 1.165) is 18.2 Å². The van der Waals surface area contributed by atoms with Crippen molar-refractivity contribution in [3.05, 3.63) is 35.1 Å². The molecule has 0 aliphatic heterocycles. The van der Waals surface area contributed by atoms with Gasteiger partial charge in [-0.25, -0.2) is 14.0 Å². The molecule has 3 N–H and O–H groups in total. The molecule has 1 aromatic rings. The van der Waals surface area contributed by atoms with Crippen LogP contribution >= 0.6 is 0 Å². The molecule has 0 saturated carbocycles. The van der Waals surface area contributed by atoms with E-state index in [4.69, 9.17) is 5.11 Å².